The molecule has 0 amide bonds. The Hall–Kier alpha value is -0.0800. The van der Waals surface area contributed by atoms with Crippen molar-refractivity contribution in [1.82, 2.24) is 5.32 Å². The Bertz CT molecular complexity index is 50.9. The van der Waals surface area contributed by atoms with E-state index in [-0.39, 0.29) is 6.23 Å². The summed E-state index contributed by atoms with van der Waals surface area (Å²) < 4.78 is 5.17. The summed E-state index contributed by atoms with van der Waals surface area (Å²) in [7, 11) is 0. The zero-order chi connectivity index (χ0) is 7.11. The Kier molecular flexibility index (Phi) is 5.99. The van der Waals surface area contributed by atoms with E-state index in [1.165, 1.54) is 0 Å². The van der Waals surface area contributed by atoms with Crippen LogP contribution in [0.25, 0.3) is 0 Å². The summed E-state index contributed by atoms with van der Waals surface area (Å²) >= 11 is 0. The highest BCUT2D eigenvalue weighted by molar-refractivity contribution is 4.54. The number of hydrogen-bond acceptors (Lipinski definition) is 2. The number of ether oxygens (including phenoxy) is 1. The lowest BCUT2D eigenvalue weighted by molar-refractivity contribution is 0.0139. The van der Waals surface area contributed by atoms with Gasteiger partial charge in [0.15, 0.2) is 0 Å². The molecule has 0 aliphatic carbocycles. The third-order valence-electron chi connectivity index (χ3n) is 1.12. The summed E-state index contributed by atoms with van der Waals surface area (Å²) in [6.45, 7) is 8.06. The quantitative estimate of drug-likeness (QED) is 0.536. The Morgan fingerprint density at radius 3 is 2.33 bits per heavy atom. The fourth-order valence-corrected chi connectivity index (χ4v) is 0.697. The molecular formula is C7H17NO. The number of hydrogen-bond donors (Lipinski definition) is 1. The van der Waals surface area contributed by atoms with E-state index in [1.807, 2.05) is 20.8 Å². The van der Waals surface area contributed by atoms with Crippen LogP contribution in [0.5, 0.6) is 0 Å². The van der Waals surface area contributed by atoms with Crippen molar-refractivity contribution in [3.63, 3.8) is 0 Å². The maximum atomic E-state index is 5.17. The van der Waals surface area contributed by atoms with Crippen molar-refractivity contribution in [2.45, 2.75) is 33.4 Å². The van der Waals surface area contributed by atoms with E-state index in [1.54, 1.807) is 0 Å². The van der Waals surface area contributed by atoms with Gasteiger partial charge in [-0.2, -0.15) is 0 Å². The molecule has 0 aromatic heterocycles. The van der Waals surface area contributed by atoms with E-state index < -0.39 is 0 Å². The monoisotopic (exact) mass is 131 g/mol. The third kappa shape index (κ3) is 4.43. The predicted octanol–water partition coefficient (Wildman–Crippen LogP) is 1.37. The van der Waals surface area contributed by atoms with Crippen molar-refractivity contribution in [3.05, 3.63) is 0 Å². The van der Waals surface area contributed by atoms with Gasteiger partial charge >= 0.3 is 0 Å². The Morgan fingerprint density at radius 2 is 2.11 bits per heavy atom. The van der Waals surface area contributed by atoms with Gasteiger partial charge in [0.25, 0.3) is 0 Å². The molecule has 1 fully saturated rings. The molecule has 1 atom stereocenters. The molecule has 1 aliphatic heterocycles. The van der Waals surface area contributed by atoms with Crippen LogP contribution in [0.3, 0.4) is 0 Å². The second kappa shape index (κ2) is 6.05. The molecule has 0 aromatic rings. The van der Waals surface area contributed by atoms with Crippen LogP contribution in [0.4, 0.5) is 0 Å². The first kappa shape index (κ1) is 8.92. The summed E-state index contributed by atoms with van der Waals surface area (Å²) in [5, 5.41) is 3.16. The van der Waals surface area contributed by atoms with Crippen LogP contribution >= 0.6 is 0 Å². The average Bonchev–Trinajstić information content (AvgIpc) is 1.94. The van der Waals surface area contributed by atoms with Gasteiger partial charge in [-0.15, -0.1) is 0 Å². The summed E-state index contributed by atoms with van der Waals surface area (Å²) in [5.41, 5.74) is 0. The van der Waals surface area contributed by atoms with Crippen LogP contribution in [-0.4, -0.2) is 19.4 Å². The first-order valence-corrected chi connectivity index (χ1v) is 3.74. The number of nitrogens with one attached hydrogen (secondary N) is 1. The molecule has 0 bridgehead atoms. The molecule has 1 N–H and O–H groups in total. The van der Waals surface area contributed by atoms with Gasteiger partial charge in [-0.05, 0) is 19.9 Å². The van der Waals surface area contributed by atoms with Crippen LogP contribution in [-0.2, 0) is 4.74 Å². The van der Waals surface area contributed by atoms with Crippen LogP contribution < -0.4 is 5.32 Å². The van der Waals surface area contributed by atoms with Crippen molar-refractivity contribution in [1.29, 1.82) is 0 Å². The lowest BCUT2D eigenvalue weighted by atomic mass is 10.4. The summed E-state index contributed by atoms with van der Waals surface area (Å²) in [5.74, 6) is 0. The molecule has 9 heavy (non-hydrogen) atoms. The largest absolute Gasteiger partial charge is 0.364 e. The highest BCUT2D eigenvalue weighted by Crippen LogP contribution is 1.93. The van der Waals surface area contributed by atoms with E-state index in [0.717, 1.165) is 19.6 Å². The summed E-state index contributed by atoms with van der Waals surface area (Å²) in [4.78, 5) is 0. The van der Waals surface area contributed by atoms with Crippen molar-refractivity contribution in [2.24, 2.45) is 0 Å². The van der Waals surface area contributed by atoms with E-state index in [4.69, 9.17) is 4.74 Å². The highest BCUT2D eigenvalue weighted by atomic mass is 16.5. The predicted molar refractivity (Wildman–Crippen MR) is 39.4 cm³/mol. The van der Waals surface area contributed by atoms with E-state index in [9.17, 15) is 0 Å². The molecule has 0 radical (unpaired) electrons. The Labute approximate surface area is 57.6 Å². The van der Waals surface area contributed by atoms with Crippen molar-refractivity contribution >= 4 is 0 Å². The van der Waals surface area contributed by atoms with Gasteiger partial charge in [-0.25, -0.2) is 0 Å². The minimum atomic E-state index is 0.286. The molecule has 2 nitrogen and oxygen atoms in total. The molecule has 0 spiro atoms. The van der Waals surface area contributed by atoms with Crippen LogP contribution in [0.1, 0.15) is 27.2 Å². The molecule has 0 saturated carbocycles. The lowest BCUT2D eigenvalue weighted by Crippen LogP contribution is -2.35. The normalized spacial score (nSPS) is 26.3. The Balaban J connectivity index is 0.000000291. The molecular weight excluding hydrogens is 114 g/mol. The van der Waals surface area contributed by atoms with Crippen LogP contribution in [0, 0.1) is 0 Å². The second-order valence-corrected chi connectivity index (χ2v) is 1.82. The van der Waals surface area contributed by atoms with E-state index >= 15 is 0 Å². The van der Waals surface area contributed by atoms with Crippen molar-refractivity contribution < 1.29 is 4.74 Å². The van der Waals surface area contributed by atoms with Gasteiger partial charge in [-0.1, -0.05) is 13.8 Å². The zero-order valence-corrected chi connectivity index (χ0v) is 6.61. The second-order valence-electron chi connectivity index (χ2n) is 1.82. The van der Waals surface area contributed by atoms with Crippen molar-refractivity contribution in [2.75, 3.05) is 13.2 Å². The average molecular weight is 131 g/mol. The van der Waals surface area contributed by atoms with Crippen LogP contribution in [0.15, 0.2) is 0 Å². The van der Waals surface area contributed by atoms with E-state index in [0.29, 0.717) is 0 Å². The fraction of sp³-hybridized carbons (Fsp3) is 1.00. The van der Waals surface area contributed by atoms with Crippen molar-refractivity contribution in [3.8, 4) is 0 Å². The standard InChI is InChI=1S/C5H11NO.C2H6/c1-5-6-3-2-4-7-5;1-2/h5-6H,2-4H2,1H3;1-2H3. The molecule has 56 valence electrons. The minimum Gasteiger partial charge on any atom is -0.364 e. The molecule has 0 aromatic carbocycles. The first-order valence-electron chi connectivity index (χ1n) is 3.74. The molecule has 2 heteroatoms. The minimum absolute atomic E-state index is 0.286. The Morgan fingerprint density at radius 1 is 1.44 bits per heavy atom. The van der Waals surface area contributed by atoms with Gasteiger partial charge in [0.2, 0.25) is 0 Å². The molecule has 1 unspecified atom stereocenters. The van der Waals surface area contributed by atoms with Gasteiger partial charge in [0.05, 0.1) is 0 Å². The van der Waals surface area contributed by atoms with E-state index in [2.05, 4.69) is 5.32 Å². The van der Waals surface area contributed by atoms with Gasteiger partial charge < -0.3 is 4.74 Å². The van der Waals surface area contributed by atoms with Crippen LogP contribution in [0.2, 0.25) is 0 Å². The summed E-state index contributed by atoms with van der Waals surface area (Å²) in [6.07, 6.45) is 1.44. The maximum absolute atomic E-state index is 5.17. The molecule has 1 rings (SSSR count). The zero-order valence-electron chi connectivity index (χ0n) is 6.61. The molecule has 1 heterocycles. The highest BCUT2D eigenvalue weighted by Gasteiger charge is 2.04. The molecule has 1 saturated heterocycles. The fourth-order valence-electron chi connectivity index (χ4n) is 0.697. The van der Waals surface area contributed by atoms with Gasteiger partial charge in [0.1, 0.15) is 6.23 Å². The topological polar surface area (TPSA) is 21.3 Å². The molecule has 1 aliphatic rings. The smallest absolute Gasteiger partial charge is 0.105 e. The third-order valence-corrected chi connectivity index (χ3v) is 1.12. The van der Waals surface area contributed by atoms with Gasteiger partial charge in [-0.3, -0.25) is 5.32 Å². The van der Waals surface area contributed by atoms with Gasteiger partial charge in [0, 0.05) is 6.61 Å². The summed E-state index contributed by atoms with van der Waals surface area (Å²) in [6, 6.07) is 0. The maximum Gasteiger partial charge on any atom is 0.105 e. The first-order chi connectivity index (χ1) is 4.39. The number of rotatable bonds is 0. The lowest BCUT2D eigenvalue weighted by Gasteiger charge is -2.19. The SMILES string of the molecule is CC.CC1NCCCO1.